The van der Waals surface area contributed by atoms with Crippen LogP contribution in [0.3, 0.4) is 0 Å². The molecule has 90 valence electrons. The number of aryl methyl sites for hydroxylation is 1. The van der Waals surface area contributed by atoms with Gasteiger partial charge in [0, 0.05) is 13.2 Å². The molecule has 0 atom stereocenters. The summed E-state index contributed by atoms with van der Waals surface area (Å²) >= 11 is 0. The average molecular weight is 238 g/mol. The highest BCUT2D eigenvalue weighted by Gasteiger charge is 2.12. The molecule has 4 nitrogen and oxygen atoms in total. The molecular formula is C14H14N4. The Morgan fingerprint density at radius 2 is 1.94 bits per heavy atom. The predicted molar refractivity (Wildman–Crippen MR) is 73.1 cm³/mol. The summed E-state index contributed by atoms with van der Waals surface area (Å²) in [6.07, 6.45) is 1.80. The van der Waals surface area contributed by atoms with Crippen molar-refractivity contribution in [1.29, 1.82) is 0 Å². The molecule has 0 spiro atoms. The van der Waals surface area contributed by atoms with Gasteiger partial charge in [-0.1, -0.05) is 18.2 Å². The van der Waals surface area contributed by atoms with Crippen molar-refractivity contribution < 1.29 is 0 Å². The van der Waals surface area contributed by atoms with Crippen LogP contribution in [-0.2, 0) is 0 Å². The van der Waals surface area contributed by atoms with Gasteiger partial charge in [0.05, 0.1) is 11.0 Å². The van der Waals surface area contributed by atoms with E-state index in [1.165, 1.54) is 0 Å². The number of anilines is 1. The lowest BCUT2D eigenvalue weighted by Crippen LogP contribution is -2.04. The molecular weight excluding hydrogens is 224 g/mol. The van der Waals surface area contributed by atoms with Crippen LogP contribution in [0.2, 0.25) is 0 Å². The zero-order valence-corrected chi connectivity index (χ0v) is 10.4. The number of nitrogens with one attached hydrogen (secondary N) is 1. The van der Waals surface area contributed by atoms with Crippen LogP contribution in [0.1, 0.15) is 5.56 Å². The van der Waals surface area contributed by atoms with Crippen LogP contribution in [0.4, 0.5) is 5.95 Å². The molecule has 1 N–H and O–H groups in total. The van der Waals surface area contributed by atoms with Gasteiger partial charge in [0.25, 0.3) is 0 Å². The summed E-state index contributed by atoms with van der Waals surface area (Å²) < 4.78 is 2.05. The number of imidazole rings is 1. The third-order valence-corrected chi connectivity index (χ3v) is 2.98. The van der Waals surface area contributed by atoms with Crippen molar-refractivity contribution in [1.82, 2.24) is 14.5 Å². The van der Waals surface area contributed by atoms with Crippen molar-refractivity contribution in [2.24, 2.45) is 0 Å². The lowest BCUT2D eigenvalue weighted by molar-refractivity contribution is 1.00. The van der Waals surface area contributed by atoms with E-state index in [0.29, 0.717) is 0 Å². The van der Waals surface area contributed by atoms with E-state index >= 15 is 0 Å². The highest BCUT2D eigenvalue weighted by atomic mass is 15.2. The first kappa shape index (κ1) is 10.8. The van der Waals surface area contributed by atoms with Crippen LogP contribution in [0.5, 0.6) is 0 Å². The van der Waals surface area contributed by atoms with Gasteiger partial charge in [0.2, 0.25) is 5.95 Å². The Bertz CT molecular complexity index is 700. The maximum absolute atomic E-state index is 4.56. The van der Waals surface area contributed by atoms with E-state index in [-0.39, 0.29) is 0 Å². The molecule has 3 rings (SSSR count). The third-order valence-electron chi connectivity index (χ3n) is 2.98. The summed E-state index contributed by atoms with van der Waals surface area (Å²) in [7, 11) is 1.87. The van der Waals surface area contributed by atoms with Gasteiger partial charge >= 0.3 is 0 Å². The molecule has 4 heteroatoms. The molecule has 0 unspecified atom stereocenters. The lowest BCUT2D eigenvalue weighted by atomic mass is 10.2. The van der Waals surface area contributed by atoms with Crippen molar-refractivity contribution in [3.05, 3.63) is 48.2 Å². The lowest BCUT2D eigenvalue weighted by Gasteiger charge is -2.09. The van der Waals surface area contributed by atoms with Gasteiger partial charge < -0.3 is 5.32 Å². The highest BCUT2D eigenvalue weighted by Crippen LogP contribution is 2.24. The zero-order valence-electron chi connectivity index (χ0n) is 10.4. The van der Waals surface area contributed by atoms with E-state index in [0.717, 1.165) is 28.4 Å². The van der Waals surface area contributed by atoms with Crippen LogP contribution < -0.4 is 5.32 Å². The van der Waals surface area contributed by atoms with Gasteiger partial charge in [-0.15, -0.1) is 0 Å². The third kappa shape index (κ3) is 1.54. The average Bonchev–Trinajstić information content (AvgIpc) is 2.78. The number of rotatable bonds is 2. The normalized spacial score (nSPS) is 10.8. The van der Waals surface area contributed by atoms with Crippen LogP contribution in [0.15, 0.2) is 42.6 Å². The largest absolute Gasteiger partial charge is 0.358 e. The number of aromatic nitrogens is 3. The Hall–Kier alpha value is -2.36. The molecule has 0 saturated heterocycles. The maximum atomic E-state index is 4.56. The van der Waals surface area contributed by atoms with E-state index in [4.69, 9.17) is 0 Å². The van der Waals surface area contributed by atoms with E-state index in [1.807, 2.05) is 35.9 Å². The van der Waals surface area contributed by atoms with Crippen LogP contribution >= 0.6 is 0 Å². The summed E-state index contributed by atoms with van der Waals surface area (Å²) in [5, 5.41) is 3.12. The molecule has 0 aliphatic rings. The Morgan fingerprint density at radius 3 is 2.72 bits per heavy atom. The Kier molecular flexibility index (Phi) is 2.48. The van der Waals surface area contributed by atoms with Gasteiger partial charge in [0.15, 0.2) is 0 Å². The zero-order chi connectivity index (χ0) is 12.5. The van der Waals surface area contributed by atoms with Crippen LogP contribution in [-0.4, -0.2) is 21.6 Å². The second-order valence-corrected chi connectivity index (χ2v) is 4.15. The van der Waals surface area contributed by atoms with Gasteiger partial charge in [-0.25, -0.2) is 9.97 Å². The van der Waals surface area contributed by atoms with E-state index < -0.39 is 0 Å². The van der Waals surface area contributed by atoms with Crippen LogP contribution in [0.25, 0.3) is 16.9 Å². The minimum Gasteiger partial charge on any atom is -0.358 e. The Labute approximate surface area is 105 Å². The van der Waals surface area contributed by atoms with Crippen molar-refractivity contribution in [3.63, 3.8) is 0 Å². The highest BCUT2D eigenvalue weighted by molar-refractivity contribution is 5.81. The monoisotopic (exact) mass is 238 g/mol. The van der Waals surface area contributed by atoms with E-state index in [1.54, 1.807) is 6.20 Å². The molecule has 3 aromatic rings. The number of hydrogen-bond donors (Lipinski definition) is 1. The van der Waals surface area contributed by atoms with E-state index in [9.17, 15) is 0 Å². The standard InChI is InChI=1S/C14H14N4/c1-10-6-5-9-16-13(10)18-12-8-4-3-7-11(12)17-14(18)15-2/h3-9H,1-2H3,(H,15,17). The number of nitrogens with zero attached hydrogens (tertiary/aromatic N) is 3. The minimum atomic E-state index is 0.804. The summed E-state index contributed by atoms with van der Waals surface area (Å²) in [6.45, 7) is 2.05. The smallest absolute Gasteiger partial charge is 0.209 e. The Balaban J connectivity index is 2.37. The fourth-order valence-electron chi connectivity index (χ4n) is 2.12. The van der Waals surface area contributed by atoms with Crippen LogP contribution in [0, 0.1) is 6.92 Å². The molecule has 2 heterocycles. The molecule has 0 fully saturated rings. The molecule has 0 bridgehead atoms. The van der Waals surface area contributed by atoms with Gasteiger partial charge in [-0.2, -0.15) is 0 Å². The second kappa shape index (κ2) is 4.14. The van der Waals surface area contributed by atoms with Gasteiger partial charge in [-0.3, -0.25) is 4.57 Å². The van der Waals surface area contributed by atoms with Crippen molar-refractivity contribution in [3.8, 4) is 5.82 Å². The number of fused-ring (bicyclic) bond motifs is 1. The Morgan fingerprint density at radius 1 is 1.11 bits per heavy atom. The molecule has 1 aromatic carbocycles. The second-order valence-electron chi connectivity index (χ2n) is 4.15. The minimum absolute atomic E-state index is 0.804. The number of hydrogen-bond acceptors (Lipinski definition) is 3. The summed E-state index contributed by atoms with van der Waals surface area (Å²) in [4.78, 5) is 9.02. The fourth-order valence-corrected chi connectivity index (χ4v) is 2.12. The first-order chi connectivity index (χ1) is 8.81. The molecule has 0 aliphatic heterocycles. The SMILES string of the molecule is CNc1nc2ccccc2n1-c1ncccc1C. The van der Waals surface area contributed by atoms with Gasteiger partial charge in [0.1, 0.15) is 5.82 Å². The predicted octanol–water partition coefficient (Wildman–Crippen LogP) is 2.77. The van der Waals surface area contributed by atoms with E-state index in [2.05, 4.69) is 34.3 Å². The summed E-state index contributed by atoms with van der Waals surface area (Å²) in [5.74, 6) is 1.72. The number of pyridine rings is 1. The number of benzene rings is 1. The summed E-state index contributed by atoms with van der Waals surface area (Å²) in [5.41, 5.74) is 3.15. The molecule has 0 amide bonds. The summed E-state index contributed by atoms with van der Waals surface area (Å²) in [6, 6.07) is 12.1. The maximum Gasteiger partial charge on any atom is 0.209 e. The van der Waals surface area contributed by atoms with Crippen molar-refractivity contribution in [2.45, 2.75) is 6.92 Å². The quantitative estimate of drug-likeness (QED) is 0.746. The van der Waals surface area contributed by atoms with Crippen molar-refractivity contribution in [2.75, 3.05) is 12.4 Å². The first-order valence-corrected chi connectivity index (χ1v) is 5.88. The molecule has 18 heavy (non-hydrogen) atoms. The van der Waals surface area contributed by atoms with Gasteiger partial charge in [-0.05, 0) is 30.7 Å². The topological polar surface area (TPSA) is 42.7 Å². The van der Waals surface area contributed by atoms with Crippen molar-refractivity contribution >= 4 is 17.0 Å². The molecule has 0 radical (unpaired) electrons. The molecule has 2 aromatic heterocycles. The fraction of sp³-hybridized carbons (Fsp3) is 0.143. The molecule has 0 aliphatic carbocycles. The number of para-hydroxylation sites is 2. The first-order valence-electron chi connectivity index (χ1n) is 5.88. The molecule has 0 saturated carbocycles.